The smallest absolute Gasteiger partial charge is 0.240 e. The molecule has 2 N–H and O–H groups in total. The molecular weight excluding hydrogens is 335 g/mol. The van der Waals surface area contributed by atoms with Gasteiger partial charge in [-0.3, -0.25) is 9.59 Å². The summed E-state index contributed by atoms with van der Waals surface area (Å²) in [5.74, 6) is -0.703. The SMILES string of the molecule is O=C(Nc1ccccc1)C1(C(=O)Nc2c(Cl)cccc2Cl)CC1. The van der Waals surface area contributed by atoms with Gasteiger partial charge < -0.3 is 10.6 Å². The van der Waals surface area contributed by atoms with E-state index in [0.29, 0.717) is 34.3 Å². The Labute approximate surface area is 143 Å². The third kappa shape index (κ3) is 3.19. The molecule has 118 valence electrons. The van der Waals surface area contributed by atoms with E-state index in [4.69, 9.17) is 23.2 Å². The molecule has 2 aromatic rings. The lowest BCUT2D eigenvalue weighted by Gasteiger charge is -2.16. The summed E-state index contributed by atoms with van der Waals surface area (Å²) in [5.41, 5.74) is -0.0646. The van der Waals surface area contributed by atoms with Crippen molar-refractivity contribution in [2.24, 2.45) is 5.41 Å². The van der Waals surface area contributed by atoms with E-state index in [9.17, 15) is 9.59 Å². The fourth-order valence-corrected chi connectivity index (χ4v) is 2.80. The van der Waals surface area contributed by atoms with Crippen molar-refractivity contribution in [1.82, 2.24) is 0 Å². The molecule has 6 heteroatoms. The van der Waals surface area contributed by atoms with E-state index >= 15 is 0 Å². The molecule has 23 heavy (non-hydrogen) atoms. The van der Waals surface area contributed by atoms with Crippen molar-refractivity contribution in [3.8, 4) is 0 Å². The highest BCUT2D eigenvalue weighted by atomic mass is 35.5. The third-order valence-corrected chi connectivity index (χ3v) is 4.48. The van der Waals surface area contributed by atoms with Gasteiger partial charge in [-0.1, -0.05) is 47.5 Å². The van der Waals surface area contributed by atoms with Gasteiger partial charge in [0.25, 0.3) is 0 Å². The Hall–Kier alpha value is -2.04. The third-order valence-electron chi connectivity index (χ3n) is 3.85. The van der Waals surface area contributed by atoms with Crippen LogP contribution in [0.15, 0.2) is 48.5 Å². The van der Waals surface area contributed by atoms with Gasteiger partial charge in [-0.15, -0.1) is 0 Å². The van der Waals surface area contributed by atoms with Gasteiger partial charge in [0.15, 0.2) is 0 Å². The summed E-state index contributed by atoms with van der Waals surface area (Å²) in [6.07, 6.45) is 0.999. The fourth-order valence-electron chi connectivity index (χ4n) is 2.30. The molecule has 0 atom stereocenters. The van der Waals surface area contributed by atoms with Gasteiger partial charge in [0.2, 0.25) is 11.8 Å². The zero-order valence-electron chi connectivity index (χ0n) is 12.1. The lowest BCUT2D eigenvalue weighted by molar-refractivity contribution is -0.131. The largest absolute Gasteiger partial charge is 0.325 e. The molecule has 0 radical (unpaired) electrons. The normalized spacial score (nSPS) is 14.9. The number of amides is 2. The van der Waals surface area contributed by atoms with Crippen LogP contribution in [-0.2, 0) is 9.59 Å². The standard InChI is InChI=1S/C17H14Cl2N2O2/c18-12-7-4-8-13(19)14(12)21-16(23)17(9-10-17)15(22)20-11-5-2-1-3-6-11/h1-8H,9-10H2,(H,20,22)(H,21,23). The number of anilines is 2. The van der Waals surface area contributed by atoms with Gasteiger partial charge in [-0.2, -0.15) is 0 Å². The van der Waals surface area contributed by atoms with Gasteiger partial charge in [0.05, 0.1) is 15.7 Å². The van der Waals surface area contributed by atoms with Gasteiger partial charge in [0, 0.05) is 5.69 Å². The molecule has 0 spiro atoms. The average molecular weight is 349 g/mol. The summed E-state index contributed by atoms with van der Waals surface area (Å²) >= 11 is 12.1. The molecule has 0 bridgehead atoms. The van der Waals surface area contributed by atoms with Crippen molar-refractivity contribution >= 4 is 46.4 Å². The fraction of sp³-hybridized carbons (Fsp3) is 0.176. The van der Waals surface area contributed by atoms with Crippen LogP contribution >= 0.6 is 23.2 Å². The summed E-state index contributed by atoms with van der Waals surface area (Å²) in [4.78, 5) is 25.0. The van der Waals surface area contributed by atoms with Crippen LogP contribution in [0.25, 0.3) is 0 Å². The van der Waals surface area contributed by atoms with E-state index in [0.717, 1.165) is 0 Å². The van der Waals surface area contributed by atoms with Crippen LogP contribution in [0, 0.1) is 5.41 Å². The van der Waals surface area contributed by atoms with Crippen LogP contribution in [0.2, 0.25) is 10.0 Å². The maximum absolute atomic E-state index is 12.5. The number of nitrogens with one attached hydrogen (secondary N) is 2. The first-order valence-electron chi connectivity index (χ1n) is 7.15. The van der Waals surface area contributed by atoms with Gasteiger partial charge in [-0.25, -0.2) is 0 Å². The predicted molar refractivity (Wildman–Crippen MR) is 91.8 cm³/mol. The Balaban J connectivity index is 1.75. The van der Waals surface area contributed by atoms with Gasteiger partial charge >= 0.3 is 0 Å². The molecule has 1 aliphatic carbocycles. The molecule has 2 aromatic carbocycles. The topological polar surface area (TPSA) is 58.2 Å². The molecule has 4 nitrogen and oxygen atoms in total. The number of carbonyl (C=O) groups excluding carboxylic acids is 2. The second-order valence-electron chi connectivity index (χ2n) is 5.45. The number of halogens is 2. The number of rotatable bonds is 4. The summed E-state index contributed by atoms with van der Waals surface area (Å²) < 4.78 is 0. The van der Waals surface area contributed by atoms with Crippen molar-refractivity contribution in [1.29, 1.82) is 0 Å². The van der Waals surface area contributed by atoms with Crippen LogP contribution < -0.4 is 10.6 Å². The summed E-state index contributed by atoms with van der Waals surface area (Å²) in [7, 11) is 0. The minimum atomic E-state index is -1.06. The number of benzene rings is 2. The highest BCUT2D eigenvalue weighted by Gasteiger charge is 2.56. The molecular formula is C17H14Cl2N2O2. The highest BCUT2D eigenvalue weighted by molar-refractivity contribution is 6.40. The second-order valence-corrected chi connectivity index (χ2v) is 6.27. The van der Waals surface area contributed by atoms with E-state index in [1.807, 2.05) is 18.2 Å². The molecule has 1 fully saturated rings. The number of carbonyl (C=O) groups is 2. The Morgan fingerprint density at radius 2 is 1.39 bits per heavy atom. The lowest BCUT2D eigenvalue weighted by atomic mass is 10.0. The molecule has 3 rings (SSSR count). The van der Waals surface area contributed by atoms with Crippen LogP contribution in [0.3, 0.4) is 0 Å². The molecule has 2 amide bonds. The Morgan fingerprint density at radius 3 is 1.96 bits per heavy atom. The van der Waals surface area contributed by atoms with Crippen LogP contribution in [0.4, 0.5) is 11.4 Å². The molecule has 0 aliphatic heterocycles. The van der Waals surface area contributed by atoms with Crippen molar-refractivity contribution in [3.63, 3.8) is 0 Å². The van der Waals surface area contributed by atoms with Crippen molar-refractivity contribution in [2.45, 2.75) is 12.8 Å². The molecule has 1 saturated carbocycles. The maximum Gasteiger partial charge on any atom is 0.240 e. The van der Waals surface area contributed by atoms with Gasteiger partial charge in [0.1, 0.15) is 5.41 Å². The minimum absolute atomic E-state index is 0.315. The van der Waals surface area contributed by atoms with Crippen molar-refractivity contribution in [2.75, 3.05) is 10.6 Å². The Kier molecular flexibility index (Phi) is 4.28. The van der Waals surface area contributed by atoms with E-state index in [2.05, 4.69) is 10.6 Å². The molecule has 0 heterocycles. The predicted octanol–water partition coefficient (Wildman–Crippen LogP) is 4.35. The first-order chi connectivity index (χ1) is 11.0. The second kappa shape index (κ2) is 6.22. The first-order valence-corrected chi connectivity index (χ1v) is 7.90. The summed E-state index contributed by atoms with van der Waals surface area (Å²) in [6.45, 7) is 0. The van der Waals surface area contributed by atoms with E-state index in [-0.39, 0.29) is 11.8 Å². The maximum atomic E-state index is 12.5. The van der Waals surface area contributed by atoms with Crippen molar-refractivity contribution < 1.29 is 9.59 Å². The monoisotopic (exact) mass is 348 g/mol. The number of para-hydroxylation sites is 2. The quantitative estimate of drug-likeness (QED) is 0.807. The van der Waals surface area contributed by atoms with E-state index in [1.54, 1.807) is 30.3 Å². The Bertz CT molecular complexity index is 738. The molecule has 0 unspecified atom stereocenters. The number of hydrogen-bond acceptors (Lipinski definition) is 2. The summed E-state index contributed by atoms with van der Waals surface area (Å²) in [5, 5.41) is 6.14. The zero-order chi connectivity index (χ0) is 16.4. The minimum Gasteiger partial charge on any atom is -0.325 e. The average Bonchev–Trinajstić information content (AvgIpc) is 3.34. The van der Waals surface area contributed by atoms with E-state index < -0.39 is 5.41 Å². The van der Waals surface area contributed by atoms with E-state index in [1.165, 1.54) is 0 Å². The van der Waals surface area contributed by atoms with Crippen LogP contribution in [0.5, 0.6) is 0 Å². The summed E-state index contributed by atoms with van der Waals surface area (Å²) in [6, 6.07) is 14.0. The lowest BCUT2D eigenvalue weighted by Crippen LogP contribution is -2.35. The van der Waals surface area contributed by atoms with Crippen molar-refractivity contribution in [3.05, 3.63) is 58.6 Å². The van der Waals surface area contributed by atoms with Crippen LogP contribution in [-0.4, -0.2) is 11.8 Å². The van der Waals surface area contributed by atoms with Gasteiger partial charge in [-0.05, 0) is 37.1 Å². The zero-order valence-corrected chi connectivity index (χ0v) is 13.6. The molecule has 0 saturated heterocycles. The first kappa shape index (κ1) is 15.8. The number of hydrogen-bond donors (Lipinski definition) is 2. The van der Waals surface area contributed by atoms with Crippen LogP contribution in [0.1, 0.15) is 12.8 Å². The highest BCUT2D eigenvalue weighted by Crippen LogP contribution is 2.48. The molecule has 0 aromatic heterocycles. The Morgan fingerprint density at radius 1 is 0.826 bits per heavy atom. The molecule has 1 aliphatic rings.